The zero-order valence-electron chi connectivity index (χ0n) is 13.2. The predicted octanol–water partition coefficient (Wildman–Crippen LogP) is 2.28. The van der Waals surface area contributed by atoms with Crippen molar-refractivity contribution >= 4 is 23.2 Å². The number of carbonyl (C=O) groups excluding carboxylic acids is 2. The van der Waals surface area contributed by atoms with Gasteiger partial charge in [-0.15, -0.1) is 11.3 Å². The Bertz CT molecular complexity index is 704. The lowest BCUT2D eigenvalue weighted by Gasteiger charge is -2.13. The second-order valence-electron chi connectivity index (χ2n) is 5.72. The van der Waals surface area contributed by atoms with Gasteiger partial charge in [0.2, 0.25) is 5.91 Å². The third-order valence-electron chi connectivity index (χ3n) is 4.00. The summed E-state index contributed by atoms with van der Waals surface area (Å²) in [5.41, 5.74) is 2.02. The smallest absolute Gasteiger partial charge is 0.254 e. The van der Waals surface area contributed by atoms with Crippen molar-refractivity contribution in [3.63, 3.8) is 0 Å². The molecular weight excluding hydrogens is 310 g/mol. The fraction of sp³-hybridized carbons (Fsp3) is 0.412. The minimum absolute atomic E-state index is 0.0431. The third-order valence-corrected chi connectivity index (χ3v) is 5.31. The molecule has 0 saturated heterocycles. The van der Waals surface area contributed by atoms with Crippen molar-refractivity contribution in [3.8, 4) is 5.00 Å². The van der Waals surface area contributed by atoms with E-state index in [4.69, 9.17) is 0 Å². The Morgan fingerprint density at radius 2 is 1.83 bits per heavy atom. The number of thiophene rings is 1. The number of rotatable bonds is 5. The van der Waals surface area contributed by atoms with E-state index in [9.17, 15) is 9.59 Å². The number of fused-ring (bicyclic) bond motifs is 1. The van der Waals surface area contributed by atoms with E-state index in [0.29, 0.717) is 13.1 Å². The number of hydrogen-bond donors (Lipinski definition) is 2. The minimum Gasteiger partial charge on any atom is -0.355 e. The lowest BCUT2D eigenvalue weighted by Crippen LogP contribution is -2.34. The fourth-order valence-corrected chi connectivity index (χ4v) is 4.29. The second-order valence-corrected chi connectivity index (χ2v) is 6.80. The monoisotopic (exact) mass is 331 g/mol. The molecule has 3 rings (SSSR count). The molecule has 122 valence electrons. The van der Waals surface area contributed by atoms with E-state index in [1.807, 2.05) is 29.1 Å². The third kappa shape index (κ3) is 3.47. The molecule has 0 spiro atoms. The summed E-state index contributed by atoms with van der Waals surface area (Å²) in [6, 6.07) is 3.94. The highest BCUT2D eigenvalue weighted by Crippen LogP contribution is 2.36. The van der Waals surface area contributed by atoms with Crippen LogP contribution in [0.1, 0.15) is 40.6 Å². The van der Waals surface area contributed by atoms with Gasteiger partial charge < -0.3 is 15.2 Å². The van der Waals surface area contributed by atoms with E-state index < -0.39 is 0 Å². The number of aryl methyl sites for hydroxylation is 1. The van der Waals surface area contributed by atoms with Crippen LogP contribution in [0.15, 0.2) is 24.5 Å². The molecule has 0 fully saturated rings. The van der Waals surface area contributed by atoms with Gasteiger partial charge in [-0.1, -0.05) is 0 Å². The first-order chi connectivity index (χ1) is 11.2. The molecule has 0 unspecified atom stereocenters. The largest absolute Gasteiger partial charge is 0.355 e. The van der Waals surface area contributed by atoms with Crippen LogP contribution in [0.4, 0.5) is 0 Å². The zero-order chi connectivity index (χ0) is 16.2. The van der Waals surface area contributed by atoms with Gasteiger partial charge in [-0.25, -0.2) is 0 Å². The molecule has 0 radical (unpaired) electrons. The van der Waals surface area contributed by atoms with Gasteiger partial charge in [-0.3, -0.25) is 9.59 Å². The molecule has 6 heteroatoms. The molecule has 0 bridgehead atoms. The Kier molecular flexibility index (Phi) is 4.81. The maximum absolute atomic E-state index is 12.7. The van der Waals surface area contributed by atoms with E-state index in [0.717, 1.165) is 29.8 Å². The molecule has 2 aromatic heterocycles. The van der Waals surface area contributed by atoms with Crippen LogP contribution in [0.3, 0.4) is 0 Å². The van der Waals surface area contributed by atoms with Crippen molar-refractivity contribution in [1.29, 1.82) is 0 Å². The first kappa shape index (κ1) is 15.8. The lowest BCUT2D eigenvalue weighted by atomic mass is 9.95. The highest BCUT2D eigenvalue weighted by molar-refractivity contribution is 7.15. The molecule has 2 N–H and O–H groups in total. The van der Waals surface area contributed by atoms with Crippen LogP contribution < -0.4 is 10.6 Å². The highest BCUT2D eigenvalue weighted by Gasteiger charge is 2.25. The quantitative estimate of drug-likeness (QED) is 0.826. The number of nitrogens with zero attached hydrogens (tertiary/aromatic N) is 1. The Morgan fingerprint density at radius 1 is 1.13 bits per heavy atom. The van der Waals surface area contributed by atoms with Crippen LogP contribution in [-0.2, 0) is 17.6 Å². The van der Waals surface area contributed by atoms with E-state index in [-0.39, 0.29) is 11.8 Å². The van der Waals surface area contributed by atoms with Gasteiger partial charge >= 0.3 is 0 Å². The molecule has 5 nitrogen and oxygen atoms in total. The van der Waals surface area contributed by atoms with Crippen molar-refractivity contribution in [2.45, 2.75) is 32.6 Å². The van der Waals surface area contributed by atoms with Crippen molar-refractivity contribution < 1.29 is 9.59 Å². The van der Waals surface area contributed by atoms with Crippen molar-refractivity contribution in [2.75, 3.05) is 13.1 Å². The second kappa shape index (κ2) is 7.00. The fourth-order valence-electron chi connectivity index (χ4n) is 2.94. The van der Waals surface area contributed by atoms with Crippen LogP contribution in [0.25, 0.3) is 5.00 Å². The summed E-state index contributed by atoms with van der Waals surface area (Å²) < 4.78 is 2.02. The summed E-state index contributed by atoms with van der Waals surface area (Å²) in [6.07, 6.45) is 8.33. The molecule has 2 amide bonds. The normalized spacial score (nSPS) is 13.4. The first-order valence-corrected chi connectivity index (χ1v) is 8.79. The van der Waals surface area contributed by atoms with E-state index in [2.05, 4.69) is 10.6 Å². The van der Waals surface area contributed by atoms with Gasteiger partial charge in [0, 0.05) is 37.3 Å². The molecule has 0 aliphatic heterocycles. The number of carbonyl (C=O) groups is 2. The standard InChI is InChI=1S/C17H21N3O2S/c1-12(21)18-8-9-19-16(22)15-13-6-2-3-7-14(13)23-17(15)20-10-4-5-11-20/h4-5,10-11H,2-3,6-9H2,1H3,(H,18,21)(H,19,22). The number of amides is 2. The zero-order valence-corrected chi connectivity index (χ0v) is 14.0. The molecule has 1 aliphatic carbocycles. The van der Waals surface area contributed by atoms with Crippen LogP contribution in [0, 0.1) is 0 Å². The summed E-state index contributed by atoms with van der Waals surface area (Å²) in [7, 11) is 0. The van der Waals surface area contributed by atoms with Crippen molar-refractivity contribution in [2.24, 2.45) is 0 Å². The SMILES string of the molecule is CC(=O)NCCNC(=O)c1c(-n2cccc2)sc2c1CCCC2. The summed E-state index contributed by atoms with van der Waals surface area (Å²) in [5, 5.41) is 6.63. The summed E-state index contributed by atoms with van der Waals surface area (Å²) in [6.45, 7) is 2.36. The van der Waals surface area contributed by atoms with Crippen molar-refractivity contribution in [3.05, 3.63) is 40.5 Å². The molecule has 0 saturated carbocycles. The van der Waals surface area contributed by atoms with Gasteiger partial charge in [-0.2, -0.15) is 0 Å². The summed E-state index contributed by atoms with van der Waals surface area (Å²) in [4.78, 5) is 24.9. The topological polar surface area (TPSA) is 63.1 Å². The van der Waals surface area contributed by atoms with E-state index in [1.54, 1.807) is 11.3 Å². The number of nitrogens with one attached hydrogen (secondary N) is 2. The Labute approximate surface area is 139 Å². The first-order valence-electron chi connectivity index (χ1n) is 7.97. The maximum atomic E-state index is 12.7. The van der Waals surface area contributed by atoms with E-state index >= 15 is 0 Å². The Morgan fingerprint density at radius 3 is 2.57 bits per heavy atom. The summed E-state index contributed by atoms with van der Waals surface area (Å²) >= 11 is 1.72. The number of hydrogen-bond acceptors (Lipinski definition) is 3. The summed E-state index contributed by atoms with van der Waals surface area (Å²) in [5.74, 6) is -0.126. The van der Waals surface area contributed by atoms with E-state index in [1.165, 1.54) is 23.8 Å². The Balaban J connectivity index is 1.83. The average Bonchev–Trinajstić information content (AvgIpc) is 3.17. The molecule has 2 aromatic rings. The molecule has 1 aliphatic rings. The molecule has 2 heterocycles. The predicted molar refractivity (Wildman–Crippen MR) is 91.3 cm³/mol. The van der Waals surface area contributed by atoms with Gasteiger partial charge in [0.25, 0.3) is 5.91 Å². The average molecular weight is 331 g/mol. The lowest BCUT2D eigenvalue weighted by molar-refractivity contribution is -0.118. The van der Waals surface area contributed by atoms with Gasteiger partial charge in [0.15, 0.2) is 0 Å². The molecule has 0 atom stereocenters. The van der Waals surface area contributed by atoms with Gasteiger partial charge in [-0.05, 0) is 43.4 Å². The highest BCUT2D eigenvalue weighted by atomic mass is 32.1. The van der Waals surface area contributed by atoms with Crippen LogP contribution in [-0.4, -0.2) is 29.5 Å². The molecule has 0 aromatic carbocycles. The van der Waals surface area contributed by atoms with Gasteiger partial charge in [0.1, 0.15) is 5.00 Å². The van der Waals surface area contributed by atoms with Crippen LogP contribution in [0.2, 0.25) is 0 Å². The van der Waals surface area contributed by atoms with Crippen molar-refractivity contribution in [1.82, 2.24) is 15.2 Å². The maximum Gasteiger partial charge on any atom is 0.254 e. The Hall–Kier alpha value is -2.08. The van der Waals surface area contributed by atoms with Crippen LogP contribution >= 0.6 is 11.3 Å². The molecular formula is C17H21N3O2S. The minimum atomic E-state index is -0.0832. The number of aromatic nitrogens is 1. The van der Waals surface area contributed by atoms with Gasteiger partial charge in [0.05, 0.1) is 5.56 Å². The van der Waals surface area contributed by atoms with Crippen LogP contribution in [0.5, 0.6) is 0 Å². The molecule has 23 heavy (non-hydrogen) atoms.